The van der Waals surface area contributed by atoms with Crippen molar-refractivity contribution in [3.05, 3.63) is 48.9 Å². The van der Waals surface area contributed by atoms with Crippen LogP contribution in [0.1, 0.15) is 20.8 Å². The number of imidazole rings is 1. The third kappa shape index (κ3) is 3.81. The highest BCUT2D eigenvalue weighted by Gasteiger charge is 2.16. The number of nitrogens with one attached hydrogen (secondary N) is 2. The second kappa shape index (κ2) is 6.19. The van der Waals surface area contributed by atoms with Crippen LogP contribution in [-0.2, 0) is 4.74 Å². The number of amides is 1. The minimum Gasteiger partial charge on any atom is -0.444 e. The summed E-state index contributed by atoms with van der Waals surface area (Å²) in [6.07, 6.45) is 4.71. The van der Waals surface area contributed by atoms with Gasteiger partial charge in [-0.25, -0.2) is 14.3 Å². The smallest absolute Gasteiger partial charge is 0.412 e. The number of carbonyl (C=O) groups is 1. The molecule has 0 aliphatic heterocycles. The van der Waals surface area contributed by atoms with E-state index in [9.17, 15) is 4.79 Å². The zero-order valence-electron chi connectivity index (χ0n) is 13.8. The molecule has 0 atom stereocenters. The Morgan fingerprint density at radius 1 is 1.08 bits per heavy atom. The third-order valence-corrected chi connectivity index (χ3v) is 3.10. The average Bonchev–Trinajstić information content (AvgIpc) is 2.97. The first-order valence-electron chi connectivity index (χ1n) is 7.56. The number of benzene rings is 1. The summed E-state index contributed by atoms with van der Waals surface area (Å²) >= 11 is 0. The van der Waals surface area contributed by atoms with Crippen LogP contribution in [-0.4, -0.2) is 26.3 Å². The van der Waals surface area contributed by atoms with Gasteiger partial charge < -0.3 is 10.1 Å². The van der Waals surface area contributed by atoms with E-state index >= 15 is 0 Å². The van der Waals surface area contributed by atoms with E-state index in [2.05, 4.69) is 20.7 Å². The topological polar surface area (TPSA) is 80.5 Å². The Morgan fingerprint density at radius 2 is 1.79 bits per heavy atom. The van der Waals surface area contributed by atoms with Crippen molar-refractivity contribution in [2.24, 2.45) is 0 Å². The molecule has 0 spiro atoms. The number of hydrogen-bond acceptors (Lipinski definition) is 5. The summed E-state index contributed by atoms with van der Waals surface area (Å²) in [5, 5.41) is 10.2. The minimum atomic E-state index is -0.525. The Hall–Kier alpha value is -3.09. The van der Waals surface area contributed by atoms with E-state index in [1.54, 1.807) is 35.2 Å². The molecule has 0 aliphatic rings. The molecule has 1 amide bonds. The average molecular weight is 325 g/mol. The molecule has 7 heteroatoms. The summed E-state index contributed by atoms with van der Waals surface area (Å²) in [7, 11) is 0. The van der Waals surface area contributed by atoms with Crippen molar-refractivity contribution in [2.75, 3.05) is 10.6 Å². The summed E-state index contributed by atoms with van der Waals surface area (Å²) in [5.41, 5.74) is 2.61. The molecule has 2 N–H and O–H groups in total. The minimum absolute atomic E-state index is 0.476. The number of hydrogen-bond donors (Lipinski definition) is 2. The molecule has 0 fully saturated rings. The van der Waals surface area contributed by atoms with Crippen LogP contribution >= 0.6 is 0 Å². The number of anilines is 3. The summed E-state index contributed by atoms with van der Waals surface area (Å²) in [5.74, 6) is 0. The highest BCUT2D eigenvalue weighted by Crippen LogP contribution is 2.21. The van der Waals surface area contributed by atoms with Gasteiger partial charge in [0.1, 0.15) is 5.60 Å². The second-order valence-corrected chi connectivity index (χ2v) is 6.27. The zero-order chi connectivity index (χ0) is 17.2. The maximum absolute atomic E-state index is 11.8. The van der Waals surface area contributed by atoms with Crippen molar-refractivity contribution < 1.29 is 9.53 Å². The predicted molar refractivity (Wildman–Crippen MR) is 92.6 cm³/mol. The molecule has 0 aliphatic carbocycles. The quantitative estimate of drug-likeness (QED) is 0.765. The molecule has 0 saturated heterocycles. The van der Waals surface area contributed by atoms with Gasteiger partial charge in [-0.1, -0.05) is 0 Å². The zero-order valence-corrected chi connectivity index (χ0v) is 13.8. The molecule has 7 nitrogen and oxygen atoms in total. The number of aromatic nitrogens is 3. The van der Waals surface area contributed by atoms with Crippen LogP contribution in [0, 0.1) is 0 Å². The van der Waals surface area contributed by atoms with Gasteiger partial charge in [0.15, 0.2) is 5.65 Å². The molecule has 0 bridgehead atoms. The Bertz CT molecular complexity index is 849. The van der Waals surface area contributed by atoms with Crippen molar-refractivity contribution in [1.82, 2.24) is 14.6 Å². The molecule has 2 aromatic heterocycles. The Kier molecular flexibility index (Phi) is 4.07. The van der Waals surface area contributed by atoms with E-state index in [4.69, 9.17) is 4.74 Å². The van der Waals surface area contributed by atoms with Gasteiger partial charge in [-0.15, -0.1) is 0 Å². The predicted octanol–water partition coefficient (Wildman–Crippen LogP) is 3.82. The summed E-state index contributed by atoms with van der Waals surface area (Å²) in [6, 6.07) is 9.20. The molecule has 24 heavy (non-hydrogen) atoms. The summed E-state index contributed by atoms with van der Waals surface area (Å²) in [6.45, 7) is 5.47. The number of fused-ring (bicyclic) bond motifs is 1. The molecule has 0 radical (unpaired) electrons. The molecule has 2 heterocycles. The van der Waals surface area contributed by atoms with Crippen molar-refractivity contribution in [1.29, 1.82) is 0 Å². The molecule has 1 aromatic carbocycles. The van der Waals surface area contributed by atoms with Gasteiger partial charge >= 0.3 is 6.09 Å². The van der Waals surface area contributed by atoms with Crippen LogP contribution in [0.25, 0.3) is 5.65 Å². The van der Waals surface area contributed by atoms with Crippen molar-refractivity contribution >= 4 is 28.8 Å². The fraction of sp³-hybridized carbons (Fsp3) is 0.235. The van der Waals surface area contributed by atoms with Gasteiger partial charge in [0.05, 0.1) is 11.9 Å². The Labute approximate surface area is 139 Å². The summed E-state index contributed by atoms with van der Waals surface area (Å²) in [4.78, 5) is 16.0. The van der Waals surface area contributed by atoms with Crippen molar-refractivity contribution in [3.63, 3.8) is 0 Å². The lowest BCUT2D eigenvalue weighted by Gasteiger charge is -2.19. The maximum atomic E-state index is 11.8. The normalized spacial score (nSPS) is 11.3. The molecule has 3 aromatic rings. The number of rotatable bonds is 3. The molecular formula is C17H19N5O2. The number of nitrogens with zero attached hydrogens (tertiary/aromatic N) is 3. The Balaban J connectivity index is 1.69. The molecule has 124 valence electrons. The van der Waals surface area contributed by atoms with Crippen molar-refractivity contribution in [2.45, 2.75) is 26.4 Å². The monoisotopic (exact) mass is 325 g/mol. The van der Waals surface area contributed by atoms with Gasteiger partial charge in [-0.3, -0.25) is 5.32 Å². The van der Waals surface area contributed by atoms with Crippen LogP contribution in [0.4, 0.5) is 21.9 Å². The van der Waals surface area contributed by atoms with Crippen LogP contribution in [0.15, 0.2) is 48.9 Å². The molecule has 0 saturated carbocycles. The van der Waals surface area contributed by atoms with E-state index in [1.165, 1.54) is 0 Å². The van der Waals surface area contributed by atoms with Gasteiger partial charge in [0.2, 0.25) is 0 Å². The van der Waals surface area contributed by atoms with Gasteiger partial charge in [0.25, 0.3) is 0 Å². The van der Waals surface area contributed by atoms with E-state index in [-0.39, 0.29) is 0 Å². The first-order valence-corrected chi connectivity index (χ1v) is 7.56. The highest BCUT2D eigenvalue weighted by molar-refractivity contribution is 5.85. The fourth-order valence-corrected chi connectivity index (χ4v) is 2.15. The lowest BCUT2D eigenvalue weighted by atomic mass is 10.2. The maximum Gasteiger partial charge on any atom is 0.412 e. The van der Waals surface area contributed by atoms with Crippen LogP contribution in [0.3, 0.4) is 0 Å². The van der Waals surface area contributed by atoms with Crippen molar-refractivity contribution in [3.8, 4) is 0 Å². The second-order valence-electron chi connectivity index (χ2n) is 6.27. The van der Waals surface area contributed by atoms with E-state index in [0.717, 1.165) is 17.0 Å². The SMILES string of the molecule is CC(C)(C)OC(=O)Nc1ccc(Nc2ccnn3ccnc23)cc1. The standard InChI is InChI=1S/C17H19N5O2/c1-17(2,3)24-16(23)21-13-6-4-12(5-7-13)20-14-8-9-19-22-11-10-18-15(14)22/h4-11,20H,1-3H3,(H,21,23). The molecular weight excluding hydrogens is 306 g/mol. The number of carbonyl (C=O) groups excluding carboxylic acids is 1. The largest absolute Gasteiger partial charge is 0.444 e. The lowest BCUT2D eigenvalue weighted by molar-refractivity contribution is 0.0636. The van der Waals surface area contributed by atoms with E-state index < -0.39 is 11.7 Å². The summed E-state index contributed by atoms with van der Waals surface area (Å²) < 4.78 is 6.92. The molecule has 0 unspecified atom stereocenters. The fourth-order valence-electron chi connectivity index (χ4n) is 2.15. The van der Waals surface area contributed by atoms with Gasteiger partial charge in [-0.2, -0.15) is 5.10 Å². The molecule has 3 rings (SSSR count). The first kappa shape index (κ1) is 15.8. The van der Waals surface area contributed by atoms with Crippen LogP contribution < -0.4 is 10.6 Å². The lowest BCUT2D eigenvalue weighted by Crippen LogP contribution is -2.27. The van der Waals surface area contributed by atoms with Gasteiger partial charge in [-0.05, 0) is 51.1 Å². The first-order chi connectivity index (χ1) is 11.4. The Morgan fingerprint density at radius 3 is 2.50 bits per heavy atom. The van der Waals surface area contributed by atoms with Crippen LogP contribution in [0.5, 0.6) is 0 Å². The van der Waals surface area contributed by atoms with E-state index in [1.807, 2.05) is 39.0 Å². The van der Waals surface area contributed by atoms with Crippen LogP contribution in [0.2, 0.25) is 0 Å². The van der Waals surface area contributed by atoms with E-state index in [0.29, 0.717) is 5.69 Å². The van der Waals surface area contributed by atoms with Gasteiger partial charge in [0, 0.05) is 23.8 Å². The number of ether oxygens (including phenoxy) is 1. The third-order valence-electron chi connectivity index (χ3n) is 3.10. The highest BCUT2D eigenvalue weighted by atomic mass is 16.6.